The second-order valence-corrected chi connectivity index (χ2v) is 4.13. The van der Waals surface area contributed by atoms with Crippen LogP contribution in [0.25, 0.3) is 0 Å². The summed E-state index contributed by atoms with van der Waals surface area (Å²) in [7, 11) is 0. The summed E-state index contributed by atoms with van der Waals surface area (Å²) in [4.78, 5) is 11.1. The van der Waals surface area contributed by atoms with E-state index in [-0.39, 0.29) is 18.9 Å². The van der Waals surface area contributed by atoms with Crippen molar-refractivity contribution in [2.24, 2.45) is 5.92 Å². The van der Waals surface area contributed by atoms with Gasteiger partial charge >= 0.3 is 6.18 Å². The molecule has 1 N–H and O–H groups in total. The molecule has 7 heteroatoms. The van der Waals surface area contributed by atoms with Gasteiger partial charge in [-0.2, -0.15) is 13.2 Å². The van der Waals surface area contributed by atoms with Gasteiger partial charge in [0.15, 0.2) is 0 Å². The molecule has 0 bridgehead atoms. The van der Waals surface area contributed by atoms with Crippen LogP contribution in [-0.4, -0.2) is 37.2 Å². The fourth-order valence-corrected chi connectivity index (χ4v) is 1.01. The van der Waals surface area contributed by atoms with Gasteiger partial charge in [0.1, 0.15) is 6.61 Å². The molecular formula is C9H15BrF3NO2. The van der Waals surface area contributed by atoms with E-state index in [0.29, 0.717) is 12.5 Å². The average Bonchev–Trinajstić information content (AvgIpc) is 2.19. The van der Waals surface area contributed by atoms with Crippen LogP contribution in [0.5, 0.6) is 0 Å². The minimum atomic E-state index is -4.33. The summed E-state index contributed by atoms with van der Waals surface area (Å²) >= 11 is 3.25. The third-order valence-electron chi connectivity index (χ3n) is 1.65. The largest absolute Gasteiger partial charge is 0.411 e. The molecule has 1 unspecified atom stereocenters. The van der Waals surface area contributed by atoms with E-state index in [1.54, 1.807) is 0 Å². The Morgan fingerprint density at radius 1 is 1.50 bits per heavy atom. The van der Waals surface area contributed by atoms with Gasteiger partial charge in [-0.25, -0.2) is 0 Å². The van der Waals surface area contributed by atoms with Crippen LogP contribution >= 0.6 is 15.9 Å². The first-order valence-corrected chi connectivity index (χ1v) is 5.94. The fourth-order valence-electron chi connectivity index (χ4n) is 0.784. The SMILES string of the molecule is CC(CBr)CNC(=O)CCOCC(F)(F)F. The van der Waals surface area contributed by atoms with Crippen LogP contribution < -0.4 is 5.32 Å². The molecule has 1 atom stereocenters. The molecule has 0 fully saturated rings. The van der Waals surface area contributed by atoms with E-state index in [1.165, 1.54) is 0 Å². The van der Waals surface area contributed by atoms with Crippen molar-refractivity contribution in [2.75, 3.05) is 25.1 Å². The zero-order valence-electron chi connectivity index (χ0n) is 8.94. The lowest BCUT2D eigenvalue weighted by Crippen LogP contribution is -2.30. The highest BCUT2D eigenvalue weighted by Gasteiger charge is 2.27. The second kappa shape index (κ2) is 7.89. The standard InChI is InChI=1S/C9H15BrF3NO2/c1-7(4-10)5-14-8(15)2-3-16-6-9(11,12)13/h7H,2-6H2,1H3,(H,14,15). The first-order valence-electron chi connectivity index (χ1n) is 4.82. The molecule has 0 rings (SSSR count). The number of amides is 1. The van der Waals surface area contributed by atoms with E-state index in [0.717, 1.165) is 5.33 Å². The zero-order valence-corrected chi connectivity index (χ0v) is 10.5. The molecule has 0 aromatic heterocycles. The number of carbonyl (C=O) groups excluding carboxylic acids is 1. The maximum absolute atomic E-state index is 11.6. The highest BCUT2D eigenvalue weighted by Crippen LogP contribution is 2.14. The normalized spacial score (nSPS) is 13.6. The lowest BCUT2D eigenvalue weighted by Gasteiger charge is -2.10. The summed E-state index contributed by atoms with van der Waals surface area (Å²) in [6.07, 6.45) is -4.38. The summed E-state index contributed by atoms with van der Waals surface area (Å²) in [5.74, 6) is -0.00461. The summed E-state index contributed by atoms with van der Waals surface area (Å²) in [5.41, 5.74) is 0. The number of rotatable bonds is 7. The second-order valence-electron chi connectivity index (χ2n) is 3.48. The molecule has 0 aromatic carbocycles. The summed E-state index contributed by atoms with van der Waals surface area (Å²) in [6.45, 7) is 0.921. The molecule has 0 aliphatic carbocycles. The molecule has 0 aliphatic rings. The number of ether oxygens (including phenoxy) is 1. The predicted octanol–water partition coefficient (Wildman–Crippen LogP) is 2.10. The average molecular weight is 306 g/mol. The number of carbonyl (C=O) groups is 1. The number of nitrogens with one attached hydrogen (secondary N) is 1. The first kappa shape index (κ1) is 15.7. The Balaban J connectivity index is 3.44. The fraction of sp³-hybridized carbons (Fsp3) is 0.889. The van der Waals surface area contributed by atoms with E-state index in [2.05, 4.69) is 26.0 Å². The quantitative estimate of drug-likeness (QED) is 0.578. The Bertz CT molecular complexity index is 211. The zero-order chi connectivity index (χ0) is 12.6. The molecular weight excluding hydrogens is 291 g/mol. The minimum absolute atomic E-state index is 0.0505. The van der Waals surface area contributed by atoms with Crippen LogP contribution in [0.3, 0.4) is 0 Å². The third kappa shape index (κ3) is 10.2. The molecule has 1 amide bonds. The maximum Gasteiger partial charge on any atom is 0.411 e. The van der Waals surface area contributed by atoms with Crippen LogP contribution in [-0.2, 0) is 9.53 Å². The van der Waals surface area contributed by atoms with Gasteiger partial charge in [-0.05, 0) is 5.92 Å². The molecule has 3 nitrogen and oxygen atoms in total. The summed E-state index contributed by atoms with van der Waals surface area (Å²) in [6, 6.07) is 0. The van der Waals surface area contributed by atoms with Crippen molar-refractivity contribution in [3.8, 4) is 0 Å². The minimum Gasteiger partial charge on any atom is -0.372 e. The molecule has 0 aromatic rings. The van der Waals surface area contributed by atoms with Crippen molar-refractivity contribution < 1.29 is 22.7 Å². The summed E-state index contributed by atoms with van der Waals surface area (Å²) < 4.78 is 39.3. The monoisotopic (exact) mass is 305 g/mol. The van der Waals surface area contributed by atoms with Gasteiger partial charge in [0, 0.05) is 18.3 Å². The Hall–Kier alpha value is -0.300. The molecule has 16 heavy (non-hydrogen) atoms. The van der Waals surface area contributed by atoms with Crippen molar-refractivity contribution in [2.45, 2.75) is 19.5 Å². The highest BCUT2D eigenvalue weighted by atomic mass is 79.9. The number of hydrogen-bond donors (Lipinski definition) is 1. The topological polar surface area (TPSA) is 38.3 Å². The van der Waals surface area contributed by atoms with Gasteiger partial charge in [0.25, 0.3) is 0 Å². The van der Waals surface area contributed by atoms with Crippen molar-refractivity contribution in [3.63, 3.8) is 0 Å². The van der Waals surface area contributed by atoms with E-state index in [4.69, 9.17) is 0 Å². The van der Waals surface area contributed by atoms with Gasteiger partial charge in [-0.3, -0.25) is 4.79 Å². The smallest absolute Gasteiger partial charge is 0.372 e. The van der Waals surface area contributed by atoms with Crippen molar-refractivity contribution in [1.29, 1.82) is 0 Å². The maximum atomic E-state index is 11.6. The van der Waals surface area contributed by atoms with E-state index in [1.807, 2.05) is 6.92 Å². The molecule has 0 radical (unpaired) electrons. The van der Waals surface area contributed by atoms with Crippen molar-refractivity contribution in [1.82, 2.24) is 5.32 Å². The third-order valence-corrected chi connectivity index (χ3v) is 2.76. The van der Waals surface area contributed by atoms with Crippen molar-refractivity contribution >= 4 is 21.8 Å². The Morgan fingerprint density at radius 3 is 2.62 bits per heavy atom. The van der Waals surface area contributed by atoms with Crippen LogP contribution in [0.15, 0.2) is 0 Å². The van der Waals surface area contributed by atoms with Gasteiger partial charge in [0.2, 0.25) is 5.91 Å². The Labute approximate surface area is 101 Å². The van der Waals surface area contributed by atoms with E-state index >= 15 is 0 Å². The van der Waals surface area contributed by atoms with Crippen LogP contribution in [0, 0.1) is 5.92 Å². The van der Waals surface area contributed by atoms with Crippen LogP contribution in [0.1, 0.15) is 13.3 Å². The Morgan fingerprint density at radius 2 is 2.12 bits per heavy atom. The molecule has 0 saturated carbocycles. The van der Waals surface area contributed by atoms with Crippen LogP contribution in [0.2, 0.25) is 0 Å². The van der Waals surface area contributed by atoms with Gasteiger partial charge in [-0.15, -0.1) is 0 Å². The molecule has 0 aliphatic heterocycles. The molecule has 96 valence electrons. The van der Waals surface area contributed by atoms with Gasteiger partial charge in [-0.1, -0.05) is 22.9 Å². The lowest BCUT2D eigenvalue weighted by molar-refractivity contribution is -0.174. The molecule has 0 heterocycles. The number of alkyl halides is 4. The van der Waals surface area contributed by atoms with E-state index in [9.17, 15) is 18.0 Å². The molecule has 0 saturated heterocycles. The highest BCUT2D eigenvalue weighted by molar-refractivity contribution is 9.09. The number of hydrogen-bond acceptors (Lipinski definition) is 2. The predicted molar refractivity (Wildman–Crippen MR) is 57.5 cm³/mol. The van der Waals surface area contributed by atoms with Crippen LogP contribution in [0.4, 0.5) is 13.2 Å². The molecule has 0 spiro atoms. The number of halogens is 4. The van der Waals surface area contributed by atoms with Gasteiger partial charge in [0.05, 0.1) is 6.61 Å². The first-order chi connectivity index (χ1) is 7.35. The Kier molecular flexibility index (Phi) is 7.74. The van der Waals surface area contributed by atoms with E-state index < -0.39 is 12.8 Å². The van der Waals surface area contributed by atoms with Crippen molar-refractivity contribution in [3.05, 3.63) is 0 Å². The van der Waals surface area contributed by atoms with Gasteiger partial charge < -0.3 is 10.1 Å². The lowest BCUT2D eigenvalue weighted by atomic mass is 10.2. The summed E-state index contributed by atoms with van der Waals surface area (Å²) in [5, 5.41) is 3.36.